The Bertz CT molecular complexity index is 875. The summed E-state index contributed by atoms with van der Waals surface area (Å²) in [6, 6.07) is 9.29. The molecule has 0 saturated carbocycles. The van der Waals surface area contributed by atoms with Gasteiger partial charge in [-0.15, -0.1) is 0 Å². The van der Waals surface area contributed by atoms with Gasteiger partial charge in [0.05, 0.1) is 11.6 Å². The number of nitrogens with one attached hydrogen (secondary N) is 1. The summed E-state index contributed by atoms with van der Waals surface area (Å²) in [4.78, 5) is 23.5. The van der Waals surface area contributed by atoms with Gasteiger partial charge < -0.3 is 10.2 Å². The number of aryl methyl sites for hydroxylation is 1. The van der Waals surface area contributed by atoms with Gasteiger partial charge in [0.1, 0.15) is 18.2 Å². The predicted octanol–water partition coefficient (Wildman–Crippen LogP) is 1.97. The molecule has 7 nitrogen and oxygen atoms in total. The van der Waals surface area contributed by atoms with Gasteiger partial charge in [-0.25, -0.2) is 9.97 Å². The van der Waals surface area contributed by atoms with Gasteiger partial charge >= 0.3 is 0 Å². The van der Waals surface area contributed by atoms with Crippen LogP contribution < -0.4 is 10.2 Å². The molecule has 0 aliphatic carbocycles. The number of amides is 1. The summed E-state index contributed by atoms with van der Waals surface area (Å²) in [5.74, 6) is 0.771. The Morgan fingerprint density at radius 1 is 1.25 bits per heavy atom. The number of hydrogen-bond acceptors (Lipinski definition) is 5. The molecule has 0 unspecified atom stereocenters. The Hall–Kier alpha value is -2.96. The number of carbonyl (C=O) groups excluding carboxylic acids is 1. The third kappa shape index (κ3) is 2.47. The normalized spacial score (nSPS) is 17.4. The van der Waals surface area contributed by atoms with E-state index >= 15 is 0 Å². The predicted molar refractivity (Wildman–Crippen MR) is 91.7 cm³/mol. The van der Waals surface area contributed by atoms with Crippen molar-refractivity contribution in [3.8, 4) is 0 Å². The number of anilines is 2. The Morgan fingerprint density at radius 2 is 2.08 bits per heavy atom. The molecule has 1 N–H and O–H groups in total. The number of aromatic nitrogens is 4. The average Bonchev–Trinajstić information content (AvgIpc) is 3.23. The fourth-order valence-electron chi connectivity index (χ4n) is 3.22. The van der Waals surface area contributed by atoms with Crippen molar-refractivity contribution < 1.29 is 4.79 Å². The van der Waals surface area contributed by atoms with Gasteiger partial charge in [0.15, 0.2) is 5.65 Å². The fraction of sp³-hybridized carbons (Fsp3) is 0.294. The number of hydrogen-bond donors (Lipinski definition) is 1. The number of fused-ring (bicyclic) bond motifs is 1. The van der Waals surface area contributed by atoms with Crippen molar-refractivity contribution in [2.45, 2.75) is 18.9 Å². The summed E-state index contributed by atoms with van der Waals surface area (Å²) in [7, 11) is 1.85. The summed E-state index contributed by atoms with van der Waals surface area (Å²) in [5, 5.41) is 8.12. The topological polar surface area (TPSA) is 75.9 Å². The van der Waals surface area contributed by atoms with Crippen LogP contribution in [-0.2, 0) is 11.8 Å². The lowest BCUT2D eigenvalue weighted by atomic mass is 10.2. The monoisotopic (exact) mass is 322 g/mol. The molecule has 122 valence electrons. The van der Waals surface area contributed by atoms with E-state index in [2.05, 4.69) is 25.3 Å². The van der Waals surface area contributed by atoms with Gasteiger partial charge in [0.25, 0.3) is 0 Å². The second-order valence-electron chi connectivity index (χ2n) is 5.91. The van der Waals surface area contributed by atoms with Gasteiger partial charge in [-0.1, -0.05) is 18.2 Å². The van der Waals surface area contributed by atoms with E-state index in [1.165, 1.54) is 6.33 Å². The third-order valence-corrected chi connectivity index (χ3v) is 4.38. The first kappa shape index (κ1) is 14.6. The molecular formula is C17H18N6O. The Balaban J connectivity index is 1.63. The van der Waals surface area contributed by atoms with Crippen molar-refractivity contribution in [3.63, 3.8) is 0 Å². The standard InChI is InChI=1S/C17H18N6O/c1-22-15-13(10-20-22)16(19-11-18-15)23-9-5-8-14(23)17(24)21-12-6-3-2-4-7-12/h2-4,6-7,10-11,14H,5,8-9H2,1H3,(H,21,24)/t14-/m1/s1. The van der Waals surface area contributed by atoms with Crippen LogP contribution in [0.1, 0.15) is 12.8 Å². The summed E-state index contributed by atoms with van der Waals surface area (Å²) < 4.78 is 1.72. The van der Waals surface area contributed by atoms with Crippen LogP contribution in [0.3, 0.4) is 0 Å². The fourth-order valence-corrected chi connectivity index (χ4v) is 3.22. The van der Waals surface area contributed by atoms with Gasteiger partial charge in [-0.05, 0) is 25.0 Å². The van der Waals surface area contributed by atoms with Gasteiger partial charge in [0, 0.05) is 19.3 Å². The zero-order chi connectivity index (χ0) is 16.5. The summed E-state index contributed by atoms with van der Waals surface area (Å²) in [5.41, 5.74) is 1.58. The lowest BCUT2D eigenvalue weighted by Crippen LogP contribution is -2.40. The quantitative estimate of drug-likeness (QED) is 0.798. The molecule has 0 spiro atoms. The Morgan fingerprint density at radius 3 is 2.92 bits per heavy atom. The van der Waals surface area contributed by atoms with E-state index in [4.69, 9.17) is 0 Å². The molecule has 1 fully saturated rings. The van der Waals surface area contributed by atoms with E-state index in [-0.39, 0.29) is 11.9 Å². The lowest BCUT2D eigenvalue weighted by molar-refractivity contribution is -0.117. The van der Waals surface area contributed by atoms with Gasteiger partial charge in [-0.2, -0.15) is 5.10 Å². The lowest BCUT2D eigenvalue weighted by Gasteiger charge is -2.25. The van der Waals surface area contributed by atoms with Crippen LogP contribution in [0.25, 0.3) is 11.0 Å². The number of rotatable bonds is 3. The Kier molecular flexibility index (Phi) is 3.60. The number of carbonyl (C=O) groups is 1. The van der Waals surface area contributed by atoms with E-state index in [1.807, 2.05) is 37.4 Å². The molecule has 3 aromatic rings. The third-order valence-electron chi connectivity index (χ3n) is 4.38. The number of benzene rings is 1. The maximum atomic E-state index is 12.7. The van der Waals surface area contributed by atoms with Crippen molar-refractivity contribution in [1.29, 1.82) is 0 Å². The van der Waals surface area contributed by atoms with E-state index in [1.54, 1.807) is 10.9 Å². The van der Waals surface area contributed by atoms with E-state index in [9.17, 15) is 4.79 Å². The van der Waals surface area contributed by atoms with Crippen LogP contribution >= 0.6 is 0 Å². The highest BCUT2D eigenvalue weighted by Crippen LogP contribution is 2.29. The molecule has 0 radical (unpaired) electrons. The van der Waals surface area contributed by atoms with Crippen molar-refractivity contribution in [3.05, 3.63) is 42.9 Å². The second-order valence-corrected chi connectivity index (χ2v) is 5.91. The van der Waals surface area contributed by atoms with Crippen molar-refractivity contribution in [1.82, 2.24) is 19.7 Å². The molecule has 1 amide bonds. The largest absolute Gasteiger partial charge is 0.344 e. The summed E-state index contributed by atoms with van der Waals surface area (Å²) in [6.45, 7) is 0.799. The highest BCUT2D eigenvalue weighted by atomic mass is 16.2. The zero-order valence-corrected chi connectivity index (χ0v) is 13.4. The molecule has 1 aliphatic heterocycles. The summed E-state index contributed by atoms with van der Waals surface area (Å²) >= 11 is 0. The molecular weight excluding hydrogens is 304 g/mol. The van der Waals surface area contributed by atoms with Gasteiger partial charge in [0.2, 0.25) is 5.91 Å². The van der Waals surface area contributed by atoms with Crippen LogP contribution in [0.4, 0.5) is 11.5 Å². The zero-order valence-electron chi connectivity index (χ0n) is 13.4. The van der Waals surface area contributed by atoms with E-state index in [0.717, 1.165) is 41.9 Å². The molecule has 0 bridgehead atoms. The molecule has 7 heteroatoms. The first-order valence-electron chi connectivity index (χ1n) is 7.99. The summed E-state index contributed by atoms with van der Waals surface area (Å²) in [6.07, 6.45) is 5.06. The van der Waals surface area contributed by atoms with Crippen molar-refractivity contribution in [2.24, 2.45) is 7.05 Å². The number of para-hydroxylation sites is 1. The minimum atomic E-state index is -0.233. The van der Waals surface area contributed by atoms with E-state index < -0.39 is 0 Å². The minimum Gasteiger partial charge on any atom is -0.344 e. The molecule has 1 saturated heterocycles. The number of nitrogens with zero attached hydrogens (tertiary/aromatic N) is 5. The molecule has 2 aromatic heterocycles. The molecule has 1 aliphatic rings. The average molecular weight is 322 g/mol. The SMILES string of the molecule is Cn1ncc2c(N3CCC[C@@H]3C(=O)Nc3ccccc3)ncnc21. The first-order valence-corrected chi connectivity index (χ1v) is 7.99. The smallest absolute Gasteiger partial charge is 0.247 e. The minimum absolute atomic E-state index is 0.00523. The maximum Gasteiger partial charge on any atom is 0.247 e. The van der Waals surface area contributed by atoms with Crippen LogP contribution in [0.15, 0.2) is 42.9 Å². The molecule has 24 heavy (non-hydrogen) atoms. The van der Waals surface area contributed by atoms with Crippen LogP contribution in [0.2, 0.25) is 0 Å². The maximum absolute atomic E-state index is 12.7. The van der Waals surface area contributed by atoms with Crippen LogP contribution in [0.5, 0.6) is 0 Å². The van der Waals surface area contributed by atoms with Crippen LogP contribution in [0, 0.1) is 0 Å². The van der Waals surface area contributed by atoms with Gasteiger partial charge in [-0.3, -0.25) is 9.48 Å². The van der Waals surface area contributed by atoms with Crippen LogP contribution in [-0.4, -0.2) is 38.2 Å². The molecule has 1 aromatic carbocycles. The first-order chi connectivity index (χ1) is 11.7. The second kappa shape index (κ2) is 5.92. The van der Waals surface area contributed by atoms with Crippen molar-refractivity contribution in [2.75, 3.05) is 16.8 Å². The Labute approximate surface area is 139 Å². The molecule has 4 rings (SSSR count). The highest BCUT2D eigenvalue weighted by Gasteiger charge is 2.33. The van der Waals surface area contributed by atoms with Crippen molar-refractivity contribution >= 4 is 28.4 Å². The highest BCUT2D eigenvalue weighted by molar-refractivity contribution is 5.98. The molecule has 3 heterocycles. The van der Waals surface area contributed by atoms with E-state index in [0.29, 0.717) is 0 Å². The molecule has 1 atom stereocenters.